The molecule has 1 aromatic heterocycles. The third-order valence-corrected chi connectivity index (χ3v) is 4.55. The second-order valence-electron chi connectivity index (χ2n) is 6.13. The van der Waals surface area contributed by atoms with E-state index in [4.69, 9.17) is 0 Å². The maximum absolute atomic E-state index is 12.2. The Morgan fingerprint density at radius 3 is 2.95 bits per heavy atom. The molecule has 0 amide bonds. The third-order valence-electron chi connectivity index (χ3n) is 4.55. The molecule has 1 aliphatic rings. The summed E-state index contributed by atoms with van der Waals surface area (Å²) in [6, 6.07) is 7.79. The summed E-state index contributed by atoms with van der Waals surface area (Å²) in [7, 11) is 0. The highest BCUT2D eigenvalue weighted by atomic mass is 16.3. The van der Waals surface area contributed by atoms with E-state index in [0.717, 1.165) is 23.2 Å². The number of benzene rings is 1. The summed E-state index contributed by atoms with van der Waals surface area (Å²) in [5.41, 5.74) is 1.93. The van der Waals surface area contributed by atoms with E-state index in [9.17, 15) is 15.0 Å². The van der Waals surface area contributed by atoms with Gasteiger partial charge >= 0.3 is 0 Å². The zero-order valence-electron chi connectivity index (χ0n) is 12.7. The Kier molecular flexibility index (Phi) is 4.29. The van der Waals surface area contributed by atoms with Gasteiger partial charge in [0, 0.05) is 36.6 Å². The van der Waals surface area contributed by atoms with Gasteiger partial charge in [-0.25, -0.2) is 0 Å². The molecule has 1 saturated heterocycles. The van der Waals surface area contributed by atoms with Crippen molar-refractivity contribution in [1.82, 2.24) is 9.88 Å². The van der Waals surface area contributed by atoms with Gasteiger partial charge in [-0.1, -0.05) is 12.1 Å². The van der Waals surface area contributed by atoms with Crippen LogP contribution in [0.25, 0.3) is 10.8 Å². The number of hydrogen-bond donors (Lipinski definition) is 3. The fourth-order valence-electron chi connectivity index (χ4n) is 3.31. The molecule has 22 heavy (non-hydrogen) atoms. The first-order valence-electron chi connectivity index (χ1n) is 7.73. The normalized spacial score (nSPS) is 22.5. The number of aromatic amines is 1. The van der Waals surface area contributed by atoms with Crippen LogP contribution in [0.3, 0.4) is 0 Å². The first-order valence-corrected chi connectivity index (χ1v) is 7.73. The molecule has 1 aromatic carbocycles. The quantitative estimate of drug-likeness (QED) is 0.781. The van der Waals surface area contributed by atoms with Crippen molar-refractivity contribution in [2.75, 3.05) is 19.7 Å². The Morgan fingerprint density at radius 2 is 2.18 bits per heavy atom. The van der Waals surface area contributed by atoms with Crippen molar-refractivity contribution in [3.05, 3.63) is 45.9 Å². The summed E-state index contributed by atoms with van der Waals surface area (Å²) >= 11 is 0. The zero-order chi connectivity index (χ0) is 15.7. The number of aromatic nitrogens is 1. The van der Waals surface area contributed by atoms with E-state index in [-0.39, 0.29) is 24.3 Å². The number of aliphatic hydroxyl groups excluding tert-OH is 2. The Labute approximate surface area is 129 Å². The summed E-state index contributed by atoms with van der Waals surface area (Å²) in [6.45, 7) is 3.37. The third kappa shape index (κ3) is 2.92. The largest absolute Gasteiger partial charge is 0.395 e. The maximum Gasteiger partial charge on any atom is 0.256 e. The number of rotatable bonds is 4. The van der Waals surface area contributed by atoms with E-state index >= 15 is 0 Å². The summed E-state index contributed by atoms with van der Waals surface area (Å²) in [4.78, 5) is 17.2. The zero-order valence-corrected chi connectivity index (χ0v) is 12.7. The summed E-state index contributed by atoms with van der Waals surface area (Å²) in [5, 5.41) is 20.8. The number of aliphatic hydroxyl groups is 2. The molecule has 0 bridgehead atoms. The van der Waals surface area contributed by atoms with Crippen LogP contribution in [0, 0.1) is 6.92 Å². The fourth-order valence-corrected chi connectivity index (χ4v) is 3.31. The molecule has 1 fully saturated rings. The van der Waals surface area contributed by atoms with Crippen LogP contribution in [0.5, 0.6) is 0 Å². The second kappa shape index (κ2) is 6.20. The summed E-state index contributed by atoms with van der Waals surface area (Å²) in [5.74, 6) is 0. The topological polar surface area (TPSA) is 76.6 Å². The number of β-amino-alcohol motifs (C(OH)–C–C–N with tert-alkyl or cyclic N) is 1. The van der Waals surface area contributed by atoms with Crippen LogP contribution in [0.4, 0.5) is 0 Å². The molecule has 3 rings (SSSR count). The molecule has 2 unspecified atom stereocenters. The van der Waals surface area contributed by atoms with E-state index in [2.05, 4.69) is 9.88 Å². The minimum atomic E-state index is -0.366. The van der Waals surface area contributed by atoms with Crippen molar-refractivity contribution in [2.45, 2.75) is 31.9 Å². The van der Waals surface area contributed by atoms with Crippen LogP contribution in [0.2, 0.25) is 0 Å². The lowest BCUT2D eigenvalue weighted by molar-refractivity contribution is 0.156. The average Bonchev–Trinajstić information content (AvgIpc) is 2.86. The molecule has 2 atom stereocenters. The molecule has 0 spiro atoms. The second-order valence-corrected chi connectivity index (χ2v) is 6.13. The molecule has 5 heteroatoms. The molecule has 2 heterocycles. The van der Waals surface area contributed by atoms with Crippen LogP contribution in [-0.4, -0.2) is 51.9 Å². The number of likely N-dealkylation sites (tertiary alicyclic amines) is 1. The Bertz CT molecular complexity index is 725. The standard InChI is InChI=1S/C17H22N2O3/c1-11-3-2-4-15-16(11)7-12(18-17(15)22)5-6-19-9-14(21)8-13(19)10-20/h2-4,7,13-14,20-21H,5-6,8-10H2,1H3,(H,18,22). The number of nitrogens with one attached hydrogen (secondary N) is 1. The van der Waals surface area contributed by atoms with E-state index in [0.29, 0.717) is 24.8 Å². The highest BCUT2D eigenvalue weighted by Gasteiger charge is 2.29. The monoisotopic (exact) mass is 302 g/mol. The summed E-state index contributed by atoms with van der Waals surface area (Å²) in [6.07, 6.45) is 0.946. The minimum absolute atomic E-state index is 0.0175. The van der Waals surface area contributed by atoms with E-state index in [1.54, 1.807) is 0 Å². The first-order chi connectivity index (χ1) is 10.6. The molecular weight excluding hydrogens is 280 g/mol. The Hall–Kier alpha value is -1.69. The summed E-state index contributed by atoms with van der Waals surface area (Å²) < 4.78 is 0. The number of H-pyrrole nitrogens is 1. The Morgan fingerprint density at radius 1 is 1.36 bits per heavy atom. The number of aryl methyl sites for hydroxylation is 1. The van der Waals surface area contributed by atoms with E-state index in [1.165, 1.54) is 0 Å². The molecule has 5 nitrogen and oxygen atoms in total. The van der Waals surface area contributed by atoms with Crippen molar-refractivity contribution < 1.29 is 10.2 Å². The molecule has 118 valence electrons. The van der Waals surface area contributed by atoms with Crippen molar-refractivity contribution >= 4 is 10.8 Å². The van der Waals surface area contributed by atoms with Gasteiger partial charge in [-0.15, -0.1) is 0 Å². The van der Waals surface area contributed by atoms with E-state index < -0.39 is 0 Å². The van der Waals surface area contributed by atoms with Crippen LogP contribution >= 0.6 is 0 Å². The lowest BCUT2D eigenvalue weighted by Crippen LogP contribution is -2.34. The maximum atomic E-state index is 12.2. The molecule has 0 aliphatic carbocycles. The van der Waals surface area contributed by atoms with Gasteiger partial charge in [-0.2, -0.15) is 0 Å². The van der Waals surface area contributed by atoms with Gasteiger partial charge in [0.05, 0.1) is 12.7 Å². The van der Waals surface area contributed by atoms with Gasteiger partial charge in [-0.3, -0.25) is 9.69 Å². The van der Waals surface area contributed by atoms with Gasteiger partial charge in [0.1, 0.15) is 0 Å². The van der Waals surface area contributed by atoms with Crippen LogP contribution in [0.15, 0.2) is 29.1 Å². The molecule has 2 aromatic rings. The molecule has 1 aliphatic heterocycles. The lowest BCUT2D eigenvalue weighted by atomic mass is 10.1. The van der Waals surface area contributed by atoms with Crippen molar-refractivity contribution in [3.8, 4) is 0 Å². The van der Waals surface area contributed by atoms with Gasteiger partial charge in [0.2, 0.25) is 0 Å². The number of hydrogen-bond acceptors (Lipinski definition) is 4. The lowest BCUT2D eigenvalue weighted by Gasteiger charge is -2.22. The van der Waals surface area contributed by atoms with Crippen molar-refractivity contribution in [1.29, 1.82) is 0 Å². The van der Waals surface area contributed by atoms with Crippen LogP contribution < -0.4 is 5.56 Å². The average molecular weight is 302 g/mol. The van der Waals surface area contributed by atoms with Crippen LogP contribution in [-0.2, 0) is 6.42 Å². The highest BCUT2D eigenvalue weighted by Crippen LogP contribution is 2.19. The number of nitrogens with zero attached hydrogens (tertiary/aromatic N) is 1. The highest BCUT2D eigenvalue weighted by molar-refractivity contribution is 5.84. The Balaban J connectivity index is 1.80. The molecule has 0 saturated carbocycles. The van der Waals surface area contributed by atoms with E-state index in [1.807, 2.05) is 31.2 Å². The van der Waals surface area contributed by atoms with Gasteiger partial charge in [0.15, 0.2) is 0 Å². The van der Waals surface area contributed by atoms with Gasteiger partial charge in [0.25, 0.3) is 5.56 Å². The fraction of sp³-hybridized carbons (Fsp3) is 0.471. The van der Waals surface area contributed by atoms with Crippen LogP contribution in [0.1, 0.15) is 17.7 Å². The van der Waals surface area contributed by atoms with Crippen molar-refractivity contribution in [3.63, 3.8) is 0 Å². The molecular formula is C17H22N2O3. The SMILES string of the molecule is Cc1cccc2c(=O)[nH]c(CCN3CC(O)CC3CO)cc12. The predicted molar refractivity (Wildman–Crippen MR) is 86.1 cm³/mol. The molecule has 3 N–H and O–H groups in total. The van der Waals surface area contributed by atoms with Gasteiger partial charge < -0.3 is 15.2 Å². The van der Waals surface area contributed by atoms with Gasteiger partial charge in [-0.05, 0) is 36.4 Å². The first kappa shape index (κ1) is 15.2. The minimum Gasteiger partial charge on any atom is -0.395 e. The number of pyridine rings is 1. The van der Waals surface area contributed by atoms with Crippen molar-refractivity contribution in [2.24, 2.45) is 0 Å². The predicted octanol–water partition coefficient (Wildman–Crippen LogP) is 0.807. The molecule has 0 radical (unpaired) electrons. The number of fused-ring (bicyclic) bond motifs is 1. The smallest absolute Gasteiger partial charge is 0.256 e.